The maximum atomic E-state index is 12.2. The number of halogens is 2. The average Bonchev–Trinajstić information content (AvgIpc) is 2.93. The van der Waals surface area contributed by atoms with E-state index in [1.165, 1.54) is 21.7 Å². The van der Waals surface area contributed by atoms with E-state index in [2.05, 4.69) is 25.2 Å². The number of aromatic nitrogens is 4. The number of nitrogens with one attached hydrogen (secondary N) is 2. The summed E-state index contributed by atoms with van der Waals surface area (Å²) in [5.74, 6) is 0.271. The van der Waals surface area contributed by atoms with Crippen molar-refractivity contribution >= 4 is 6.03 Å². The van der Waals surface area contributed by atoms with Crippen LogP contribution in [0.25, 0.3) is 0 Å². The molecule has 2 amide bonds. The van der Waals surface area contributed by atoms with Gasteiger partial charge in [-0.05, 0) is 11.6 Å². The Hall–Kier alpha value is -2.98. The Balaban J connectivity index is 1.57. The van der Waals surface area contributed by atoms with Crippen LogP contribution in [0.15, 0.2) is 23.1 Å². The van der Waals surface area contributed by atoms with Gasteiger partial charge in [0.1, 0.15) is 0 Å². The van der Waals surface area contributed by atoms with Crippen molar-refractivity contribution < 1.29 is 18.3 Å². The number of alkyl halides is 2. The Labute approximate surface area is 134 Å². The molecule has 0 atom stereocenters. The summed E-state index contributed by atoms with van der Waals surface area (Å²) in [6.07, 6.45) is 1.32. The molecule has 24 heavy (non-hydrogen) atoms. The van der Waals surface area contributed by atoms with Gasteiger partial charge in [0.25, 0.3) is 0 Å². The first-order valence-electron chi connectivity index (χ1n) is 7.09. The van der Waals surface area contributed by atoms with E-state index in [1.807, 2.05) is 0 Å². The van der Waals surface area contributed by atoms with Crippen LogP contribution in [0.1, 0.15) is 11.4 Å². The number of rotatable bonds is 4. The molecule has 0 aliphatic carbocycles. The van der Waals surface area contributed by atoms with Crippen molar-refractivity contribution in [2.75, 3.05) is 6.54 Å². The molecule has 9 nitrogen and oxygen atoms in total. The minimum atomic E-state index is -2.96. The van der Waals surface area contributed by atoms with Crippen LogP contribution in [0.5, 0.6) is 5.88 Å². The van der Waals surface area contributed by atoms with E-state index in [4.69, 9.17) is 0 Å². The average molecular weight is 340 g/mol. The third-order valence-corrected chi connectivity index (χ3v) is 3.50. The molecule has 1 aliphatic heterocycles. The Morgan fingerprint density at radius 2 is 2.29 bits per heavy atom. The summed E-state index contributed by atoms with van der Waals surface area (Å²) in [7, 11) is 0. The van der Waals surface area contributed by atoms with Gasteiger partial charge in [0.15, 0.2) is 5.82 Å². The van der Waals surface area contributed by atoms with Crippen LogP contribution in [0.3, 0.4) is 0 Å². The summed E-state index contributed by atoms with van der Waals surface area (Å²) in [4.78, 5) is 28.7. The van der Waals surface area contributed by atoms with Gasteiger partial charge < -0.3 is 15.0 Å². The number of nitrogens with zero attached hydrogens (tertiary/aromatic N) is 4. The number of H-pyrrole nitrogens is 1. The standard InChI is InChI=1S/C13H14F2N6O3/c14-11(15)24-10-5-8(1-2-16-10)6-17-12(22)20-3-4-21-9(7-20)18-19-13(21)23/h1-2,5,11H,3-4,6-7H2,(H,17,22)(H,19,23). The number of carbonyl (C=O) groups excluding carboxylic acids is 1. The highest BCUT2D eigenvalue weighted by molar-refractivity contribution is 5.74. The fourth-order valence-electron chi connectivity index (χ4n) is 2.35. The molecule has 128 valence electrons. The second-order valence-electron chi connectivity index (χ2n) is 5.06. The van der Waals surface area contributed by atoms with Crippen molar-refractivity contribution in [3.8, 4) is 5.88 Å². The Morgan fingerprint density at radius 3 is 3.08 bits per heavy atom. The number of hydrogen-bond donors (Lipinski definition) is 2. The van der Waals surface area contributed by atoms with E-state index in [0.717, 1.165) is 0 Å². The maximum Gasteiger partial charge on any atom is 0.388 e. The Morgan fingerprint density at radius 1 is 1.46 bits per heavy atom. The second-order valence-corrected chi connectivity index (χ2v) is 5.06. The lowest BCUT2D eigenvalue weighted by atomic mass is 10.2. The van der Waals surface area contributed by atoms with Crippen LogP contribution in [-0.4, -0.2) is 43.8 Å². The third kappa shape index (κ3) is 3.50. The number of urea groups is 1. The van der Waals surface area contributed by atoms with E-state index >= 15 is 0 Å². The molecule has 3 heterocycles. The summed E-state index contributed by atoms with van der Waals surface area (Å²) >= 11 is 0. The van der Waals surface area contributed by atoms with Gasteiger partial charge in [-0.15, -0.1) is 0 Å². The molecular weight excluding hydrogens is 326 g/mol. The van der Waals surface area contributed by atoms with Gasteiger partial charge >= 0.3 is 18.3 Å². The molecule has 1 aliphatic rings. The smallest absolute Gasteiger partial charge is 0.388 e. The number of ether oxygens (including phenoxy) is 1. The zero-order chi connectivity index (χ0) is 17.1. The molecule has 0 radical (unpaired) electrons. The van der Waals surface area contributed by atoms with Gasteiger partial charge in [-0.2, -0.15) is 13.9 Å². The summed E-state index contributed by atoms with van der Waals surface area (Å²) in [5.41, 5.74) is 0.274. The van der Waals surface area contributed by atoms with Gasteiger partial charge in [-0.25, -0.2) is 19.7 Å². The van der Waals surface area contributed by atoms with E-state index in [-0.39, 0.29) is 30.7 Å². The number of pyridine rings is 1. The largest absolute Gasteiger partial charge is 0.417 e. The SMILES string of the molecule is O=C(NCc1ccnc(OC(F)F)c1)N1CCn2c(n[nH]c2=O)C1. The first kappa shape index (κ1) is 15.9. The highest BCUT2D eigenvalue weighted by Crippen LogP contribution is 2.12. The number of hydrogen-bond acceptors (Lipinski definition) is 5. The Kier molecular flexibility index (Phi) is 4.40. The van der Waals surface area contributed by atoms with Crippen molar-refractivity contribution in [2.24, 2.45) is 0 Å². The molecule has 0 bridgehead atoms. The lowest BCUT2D eigenvalue weighted by Gasteiger charge is -2.26. The van der Waals surface area contributed by atoms with Crippen molar-refractivity contribution in [3.63, 3.8) is 0 Å². The fourth-order valence-corrected chi connectivity index (χ4v) is 2.35. The van der Waals surface area contributed by atoms with Crippen molar-refractivity contribution in [2.45, 2.75) is 26.2 Å². The molecule has 0 fully saturated rings. The highest BCUT2D eigenvalue weighted by Gasteiger charge is 2.23. The molecule has 2 N–H and O–H groups in total. The topological polar surface area (TPSA) is 105 Å². The first-order chi connectivity index (χ1) is 11.5. The molecular formula is C13H14F2N6O3. The lowest BCUT2D eigenvalue weighted by Crippen LogP contribution is -2.45. The number of fused-ring (bicyclic) bond motifs is 1. The molecule has 2 aromatic rings. The monoisotopic (exact) mass is 340 g/mol. The van der Waals surface area contributed by atoms with Crippen molar-refractivity contribution in [3.05, 3.63) is 40.2 Å². The predicted octanol–water partition coefficient (Wildman–Crippen LogP) is 0.293. The molecule has 0 saturated carbocycles. The van der Waals surface area contributed by atoms with E-state index in [9.17, 15) is 18.4 Å². The Bertz CT molecular complexity index is 790. The number of amides is 2. The summed E-state index contributed by atoms with van der Waals surface area (Å²) < 4.78 is 30.0. The fraction of sp³-hybridized carbons (Fsp3) is 0.385. The van der Waals surface area contributed by atoms with Gasteiger partial charge in [-0.3, -0.25) is 4.57 Å². The first-order valence-corrected chi connectivity index (χ1v) is 7.09. The van der Waals surface area contributed by atoms with Crippen LogP contribution < -0.4 is 15.7 Å². The number of carbonyl (C=O) groups is 1. The zero-order valence-electron chi connectivity index (χ0n) is 12.4. The molecule has 0 unspecified atom stereocenters. The molecule has 0 spiro atoms. The van der Waals surface area contributed by atoms with Gasteiger partial charge in [-0.1, -0.05) is 0 Å². The van der Waals surface area contributed by atoms with Crippen LogP contribution in [0, 0.1) is 0 Å². The van der Waals surface area contributed by atoms with Gasteiger partial charge in [0.2, 0.25) is 5.88 Å². The van der Waals surface area contributed by atoms with Crippen LogP contribution >= 0.6 is 0 Å². The summed E-state index contributed by atoms with van der Waals surface area (Å²) in [6, 6.07) is 2.57. The summed E-state index contributed by atoms with van der Waals surface area (Å²) in [5, 5.41) is 8.87. The summed E-state index contributed by atoms with van der Waals surface area (Å²) in [6.45, 7) is -1.89. The van der Waals surface area contributed by atoms with E-state index in [0.29, 0.717) is 24.5 Å². The predicted molar refractivity (Wildman–Crippen MR) is 76.4 cm³/mol. The van der Waals surface area contributed by atoms with E-state index < -0.39 is 6.61 Å². The third-order valence-electron chi connectivity index (χ3n) is 3.50. The van der Waals surface area contributed by atoms with Crippen molar-refractivity contribution in [1.29, 1.82) is 0 Å². The molecule has 0 saturated heterocycles. The maximum absolute atomic E-state index is 12.2. The number of aromatic amines is 1. The minimum absolute atomic E-state index is 0.130. The van der Waals surface area contributed by atoms with Gasteiger partial charge in [0.05, 0.1) is 6.54 Å². The lowest BCUT2D eigenvalue weighted by molar-refractivity contribution is -0.0529. The normalized spacial score (nSPS) is 13.7. The molecule has 3 rings (SSSR count). The highest BCUT2D eigenvalue weighted by atomic mass is 19.3. The van der Waals surface area contributed by atoms with Crippen LogP contribution in [0.2, 0.25) is 0 Å². The van der Waals surface area contributed by atoms with Crippen LogP contribution in [0.4, 0.5) is 13.6 Å². The molecule has 2 aromatic heterocycles. The minimum Gasteiger partial charge on any atom is -0.417 e. The zero-order valence-corrected chi connectivity index (χ0v) is 12.4. The van der Waals surface area contributed by atoms with Crippen molar-refractivity contribution in [1.82, 2.24) is 30.0 Å². The quantitative estimate of drug-likeness (QED) is 0.832. The van der Waals surface area contributed by atoms with Crippen LogP contribution in [-0.2, 0) is 19.6 Å². The van der Waals surface area contributed by atoms with Gasteiger partial charge in [0, 0.05) is 31.9 Å². The molecule has 0 aromatic carbocycles. The van der Waals surface area contributed by atoms with E-state index in [1.54, 1.807) is 6.07 Å². The molecule has 11 heteroatoms. The second kappa shape index (κ2) is 6.64.